The molecule has 0 atom stereocenters. The summed E-state index contributed by atoms with van der Waals surface area (Å²) in [7, 11) is -4.77. The van der Waals surface area contributed by atoms with Crippen LogP contribution in [0.1, 0.15) is 142 Å². The second kappa shape index (κ2) is 26.6. The zero-order chi connectivity index (χ0) is 44.7. The van der Waals surface area contributed by atoms with Gasteiger partial charge in [0.05, 0.1) is 18.1 Å². The highest BCUT2D eigenvalue weighted by Gasteiger charge is 2.21. The van der Waals surface area contributed by atoms with Gasteiger partial charge < -0.3 is 18.9 Å². The van der Waals surface area contributed by atoms with Crippen LogP contribution in [0.4, 0.5) is 17.1 Å². The molecular formula is C55H72N2O5S. The number of hydrogen-bond acceptors (Lipinski definition) is 6. The summed E-state index contributed by atoms with van der Waals surface area (Å²) in [4.78, 5) is 2.08. The van der Waals surface area contributed by atoms with E-state index in [0.29, 0.717) is 11.1 Å². The Hall–Kier alpha value is -4.92. The molecule has 1 aliphatic carbocycles. The molecule has 0 aliphatic heterocycles. The standard InChI is InChI=1S/C55H72N2O5S/c1-5-9-13-15-17-21-43-61-51-37-33-49(34-38-51)56(41-11-7-3)47-29-25-45(26-30-47)55(53-23-19-20-24-54(53)63(58,59)60)46-27-31-48(32-28-46)57(42-12-8-4)50-35-39-52(40-36-50)62-44-22-18-16-14-10-6-2/h19-20,23-40H,5-18,21-22,41-44H2,1-4H3. The summed E-state index contributed by atoms with van der Waals surface area (Å²) in [6, 6.07) is 31.5. The summed E-state index contributed by atoms with van der Waals surface area (Å²) in [5, 5.41) is 0. The van der Waals surface area contributed by atoms with E-state index in [9.17, 15) is 13.0 Å². The van der Waals surface area contributed by atoms with Crippen molar-refractivity contribution < 1.29 is 27.0 Å². The van der Waals surface area contributed by atoms with E-state index >= 15 is 0 Å². The normalized spacial score (nSPS) is 12.5. The quantitative estimate of drug-likeness (QED) is 0.0321. The van der Waals surface area contributed by atoms with Gasteiger partial charge in [0.25, 0.3) is 0 Å². The lowest BCUT2D eigenvalue weighted by Crippen LogP contribution is -2.18. The van der Waals surface area contributed by atoms with Crippen molar-refractivity contribution in [3.8, 4) is 11.5 Å². The average molecular weight is 873 g/mol. The lowest BCUT2D eigenvalue weighted by molar-refractivity contribution is -0.439. The van der Waals surface area contributed by atoms with E-state index in [4.69, 9.17) is 9.47 Å². The lowest BCUT2D eigenvalue weighted by atomic mass is 9.90. The van der Waals surface area contributed by atoms with Gasteiger partial charge in [-0.05, 0) is 103 Å². The van der Waals surface area contributed by atoms with E-state index in [-0.39, 0.29) is 4.90 Å². The van der Waals surface area contributed by atoms with Crippen molar-refractivity contribution in [2.45, 2.75) is 135 Å². The minimum absolute atomic E-state index is 0.236. The molecule has 1 aliphatic rings. The molecule has 0 saturated carbocycles. The van der Waals surface area contributed by atoms with Gasteiger partial charge in [-0.15, -0.1) is 0 Å². The van der Waals surface area contributed by atoms with Gasteiger partial charge in [-0.1, -0.05) is 135 Å². The number of nitrogens with zero attached hydrogens (tertiary/aromatic N) is 2. The van der Waals surface area contributed by atoms with Gasteiger partial charge in [-0.3, -0.25) is 0 Å². The predicted octanol–water partition coefficient (Wildman–Crippen LogP) is 14.5. The monoisotopic (exact) mass is 873 g/mol. The van der Waals surface area contributed by atoms with Gasteiger partial charge >= 0.3 is 0 Å². The fourth-order valence-electron chi connectivity index (χ4n) is 8.02. The number of ether oxygens (including phenoxy) is 2. The number of unbranched alkanes of at least 4 members (excludes halogenated alkanes) is 12. The highest BCUT2D eigenvalue weighted by Crippen LogP contribution is 2.36. The number of benzene rings is 4. The second-order valence-electron chi connectivity index (χ2n) is 16.6. The molecule has 0 saturated heterocycles. The molecule has 8 heteroatoms. The van der Waals surface area contributed by atoms with Crippen LogP contribution >= 0.6 is 0 Å². The zero-order valence-corrected chi connectivity index (χ0v) is 39.3. The zero-order valence-electron chi connectivity index (χ0n) is 38.5. The Bertz CT molecular complexity index is 2190. The van der Waals surface area contributed by atoms with Gasteiger partial charge in [0.15, 0.2) is 0 Å². The molecule has 7 nitrogen and oxygen atoms in total. The van der Waals surface area contributed by atoms with E-state index in [1.807, 2.05) is 24.3 Å². The molecule has 0 radical (unpaired) electrons. The van der Waals surface area contributed by atoms with Crippen LogP contribution in [0.5, 0.6) is 11.5 Å². The molecule has 0 fully saturated rings. The van der Waals surface area contributed by atoms with Crippen molar-refractivity contribution in [2.75, 3.05) is 31.2 Å². The highest BCUT2D eigenvalue weighted by molar-refractivity contribution is 7.85. The van der Waals surface area contributed by atoms with Crippen LogP contribution in [0.25, 0.3) is 5.57 Å². The van der Waals surface area contributed by atoms with Gasteiger partial charge in [0.1, 0.15) is 28.2 Å². The van der Waals surface area contributed by atoms with Crippen LogP contribution < -0.4 is 14.4 Å². The summed E-state index contributed by atoms with van der Waals surface area (Å²) in [5.74, 6) is 1.76. The fourth-order valence-corrected chi connectivity index (χ4v) is 8.71. The van der Waals surface area contributed by atoms with Gasteiger partial charge in [-0.25, -0.2) is 8.42 Å². The van der Waals surface area contributed by atoms with Crippen LogP contribution in [0.15, 0.2) is 132 Å². The minimum atomic E-state index is -4.77. The molecule has 338 valence electrons. The SMILES string of the molecule is CCCCCCCCOc1ccc(N(CCCC)c2ccc(C(=C3C=CC(=[N+](CCCC)c4ccc(OCCCCCCCC)cc4)C=C3)c3ccccc3S(=O)(=O)[O-])cc2)cc1. The van der Waals surface area contributed by atoms with Gasteiger partial charge in [0, 0.05) is 54.2 Å². The Morgan fingerprint density at radius 1 is 0.556 bits per heavy atom. The first-order chi connectivity index (χ1) is 30.8. The van der Waals surface area contributed by atoms with Crippen molar-refractivity contribution in [3.05, 3.63) is 138 Å². The van der Waals surface area contributed by atoms with E-state index in [1.165, 1.54) is 70.3 Å². The van der Waals surface area contributed by atoms with Crippen molar-refractivity contribution in [1.29, 1.82) is 0 Å². The number of allylic oxidation sites excluding steroid dienone is 5. The largest absolute Gasteiger partial charge is 0.744 e. The van der Waals surface area contributed by atoms with Crippen molar-refractivity contribution >= 4 is 38.5 Å². The topological polar surface area (TPSA) is 81.9 Å². The molecular weight excluding hydrogens is 801 g/mol. The lowest BCUT2D eigenvalue weighted by Gasteiger charge is -2.26. The summed E-state index contributed by atoms with van der Waals surface area (Å²) in [5.41, 5.74) is 6.90. The smallest absolute Gasteiger partial charge is 0.205 e. The number of anilines is 2. The Labute approximate surface area is 380 Å². The van der Waals surface area contributed by atoms with Crippen LogP contribution in [0.3, 0.4) is 0 Å². The molecule has 4 aromatic carbocycles. The van der Waals surface area contributed by atoms with E-state index in [0.717, 1.165) is 110 Å². The minimum Gasteiger partial charge on any atom is -0.744 e. The molecule has 0 amide bonds. The Kier molecular flexibility index (Phi) is 20.8. The van der Waals surface area contributed by atoms with Crippen LogP contribution in [0, 0.1) is 0 Å². The third-order valence-corrected chi connectivity index (χ3v) is 12.6. The number of hydrogen-bond donors (Lipinski definition) is 0. The van der Waals surface area contributed by atoms with Crippen LogP contribution in [-0.2, 0) is 10.1 Å². The maximum atomic E-state index is 12.7. The molecule has 0 heterocycles. The highest BCUT2D eigenvalue weighted by atomic mass is 32.2. The van der Waals surface area contributed by atoms with Crippen molar-refractivity contribution in [2.24, 2.45) is 0 Å². The second-order valence-corrected chi connectivity index (χ2v) is 18.0. The third-order valence-electron chi connectivity index (χ3n) is 11.7. The molecule has 63 heavy (non-hydrogen) atoms. The Morgan fingerprint density at radius 3 is 1.59 bits per heavy atom. The maximum absolute atomic E-state index is 12.7. The van der Waals surface area contributed by atoms with E-state index in [2.05, 4.69) is 110 Å². The molecule has 0 N–H and O–H groups in total. The molecule has 0 aromatic heterocycles. The van der Waals surface area contributed by atoms with E-state index in [1.54, 1.807) is 18.2 Å². The molecule has 5 rings (SSSR count). The summed E-state index contributed by atoms with van der Waals surface area (Å²) in [6.07, 6.45) is 27.2. The summed E-state index contributed by atoms with van der Waals surface area (Å²) in [6.45, 7) is 12.0. The van der Waals surface area contributed by atoms with Gasteiger partial charge in [0.2, 0.25) is 11.4 Å². The molecule has 4 aromatic rings. The summed E-state index contributed by atoms with van der Waals surface area (Å²) < 4.78 is 52.6. The Morgan fingerprint density at radius 2 is 1.05 bits per heavy atom. The first kappa shape index (κ1) is 49.1. The summed E-state index contributed by atoms with van der Waals surface area (Å²) >= 11 is 0. The van der Waals surface area contributed by atoms with Crippen LogP contribution in [0.2, 0.25) is 0 Å². The predicted molar refractivity (Wildman–Crippen MR) is 262 cm³/mol. The van der Waals surface area contributed by atoms with Crippen molar-refractivity contribution in [3.63, 3.8) is 0 Å². The maximum Gasteiger partial charge on any atom is 0.205 e. The average Bonchev–Trinajstić information content (AvgIpc) is 3.30. The van der Waals surface area contributed by atoms with E-state index < -0.39 is 10.1 Å². The van der Waals surface area contributed by atoms with Gasteiger partial charge in [-0.2, -0.15) is 4.58 Å². The van der Waals surface area contributed by atoms with Crippen molar-refractivity contribution in [1.82, 2.24) is 0 Å². The molecule has 0 spiro atoms. The molecule has 0 bridgehead atoms. The Balaban J connectivity index is 1.42. The first-order valence-electron chi connectivity index (χ1n) is 23.9. The molecule has 0 unspecified atom stereocenters. The van der Waals surface area contributed by atoms with Crippen LogP contribution in [-0.4, -0.2) is 49.6 Å². The first-order valence-corrected chi connectivity index (χ1v) is 25.3. The fraction of sp³-hybridized carbons (Fsp3) is 0.436. The third kappa shape index (κ3) is 15.4. The number of rotatable bonds is 28.